The third kappa shape index (κ3) is 3.66. The zero-order valence-electron chi connectivity index (χ0n) is 12.6. The lowest BCUT2D eigenvalue weighted by Crippen LogP contribution is -2.27. The number of ether oxygens (including phenoxy) is 1. The second-order valence-electron chi connectivity index (χ2n) is 5.07. The zero-order chi connectivity index (χ0) is 15.4. The fourth-order valence-electron chi connectivity index (χ4n) is 2.02. The van der Waals surface area contributed by atoms with E-state index in [0.29, 0.717) is 25.3 Å². The molecule has 1 N–H and O–H groups in total. The molecule has 0 spiro atoms. The van der Waals surface area contributed by atoms with Gasteiger partial charge in [-0.25, -0.2) is 4.98 Å². The van der Waals surface area contributed by atoms with Crippen LogP contribution in [0.4, 0.5) is 0 Å². The number of rotatable bonds is 6. The van der Waals surface area contributed by atoms with Crippen molar-refractivity contribution in [3.8, 4) is 0 Å². The fraction of sp³-hybridized carbons (Fsp3) is 0.400. The van der Waals surface area contributed by atoms with Gasteiger partial charge in [-0.15, -0.1) is 0 Å². The molecule has 2 rings (SSSR count). The van der Waals surface area contributed by atoms with Crippen molar-refractivity contribution in [3.05, 3.63) is 35.7 Å². The van der Waals surface area contributed by atoms with Gasteiger partial charge in [-0.05, 0) is 19.9 Å². The molecule has 0 unspecified atom stereocenters. The molecule has 21 heavy (non-hydrogen) atoms. The number of aryl methyl sites for hydroxylation is 2. The average Bonchev–Trinajstić information content (AvgIpc) is 2.72. The van der Waals surface area contributed by atoms with E-state index >= 15 is 0 Å². The van der Waals surface area contributed by atoms with Crippen molar-refractivity contribution < 1.29 is 9.53 Å². The number of nitrogens with one attached hydrogen (secondary N) is 1. The summed E-state index contributed by atoms with van der Waals surface area (Å²) in [6.45, 7) is 8.97. The molecule has 0 radical (unpaired) electrons. The number of nitrogens with zero attached hydrogens (tertiary/aromatic N) is 3. The molecular formula is C15H20N4O2. The van der Waals surface area contributed by atoms with Crippen LogP contribution in [0, 0.1) is 6.92 Å². The van der Waals surface area contributed by atoms with Crippen LogP contribution in [0.15, 0.2) is 24.4 Å². The van der Waals surface area contributed by atoms with E-state index in [-0.39, 0.29) is 5.91 Å². The summed E-state index contributed by atoms with van der Waals surface area (Å²) in [6, 6.07) is 1.81. The summed E-state index contributed by atoms with van der Waals surface area (Å²) < 4.78 is 7.04. The Labute approximate surface area is 123 Å². The SMILES string of the molecule is C=C(C)COCCNC(=O)c1cnc2c(c1)c(C)nn2C. The minimum atomic E-state index is -0.161. The average molecular weight is 288 g/mol. The Morgan fingerprint density at radius 2 is 2.29 bits per heavy atom. The van der Waals surface area contributed by atoms with Crippen LogP contribution in [0.2, 0.25) is 0 Å². The first-order valence-corrected chi connectivity index (χ1v) is 6.78. The molecule has 0 bridgehead atoms. The monoisotopic (exact) mass is 288 g/mol. The van der Waals surface area contributed by atoms with Crippen LogP contribution < -0.4 is 5.32 Å². The second kappa shape index (κ2) is 6.49. The number of pyridine rings is 1. The third-order valence-electron chi connectivity index (χ3n) is 3.01. The van der Waals surface area contributed by atoms with Gasteiger partial charge in [0.2, 0.25) is 0 Å². The number of carbonyl (C=O) groups is 1. The van der Waals surface area contributed by atoms with E-state index in [1.165, 1.54) is 0 Å². The summed E-state index contributed by atoms with van der Waals surface area (Å²) in [5.74, 6) is -0.161. The first-order chi connectivity index (χ1) is 9.99. The molecule has 2 aromatic heterocycles. The van der Waals surface area contributed by atoms with E-state index in [9.17, 15) is 4.79 Å². The van der Waals surface area contributed by atoms with Gasteiger partial charge in [0, 0.05) is 25.2 Å². The Balaban J connectivity index is 1.96. The van der Waals surface area contributed by atoms with E-state index in [1.54, 1.807) is 10.9 Å². The van der Waals surface area contributed by atoms with Gasteiger partial charge in [0.05, 0.1) is 24.5 Å². The summed E-state index contributed by atoms with van der Waals surface area (Å²) in [7, 11) is 1.83. The molecule has 2 aromatic rings. The Morgan fingerprint density at radius 1 is 1.52 bits per heavy atom. The van der Waals surface area contributed by atoms with E-state index in [0.717, 1.165) is 22.3 Å². The highest BCUT2D eigenvalue weighted by molar-refractivity contribution is 5.97. The number of hydrogen-bond donors (Lipinski definition) is 1. The van der Waals surface area contributed by atoms with Crippen molar-refractivity contribution in [2.45, 2.75) is 13.8 Å². The maximum atomic E-state index is 12.1. The molecule has 0 saturated carbocycles. The quantitative estimate of drug-likeness (QED) is 0.647. The highest BCUT2D eigenvalue weighted by atomic mass is 16.5. The number of carbonyl (C=O) groups excluding carboxylic acids is 1. The largest absolute Gasteiger partial charge is 0.375 e. The predicted molar refractivity (Wildman–Crippen MR) is 81.2 cm³/mol. The molecule has 6 heteroatoms. The lowest BCUT2D eigenvalue weighted by Gasteiger charge is -2.06. The predicted octanol–water partition coefficient (Wildman–Crippen LogP) is 1.60. The maximum absolute atomic E-state index is 12.1. The summed E-state index contributed by atoms with van der Waals surface area (Å²) in [4.78, 5) is 16.3. The summed E-state index contributed by atoms with van der Waals surface area (Å²) in [5.41, 5.74) is 3.12. The summed E-state index contributed by atoms with van der Waals surface area (Å²) in [6.07, 6.45) is 1.56. The molecular weight excluding hydrogens is 268 g/mol. The Hall–Kier alpha value is -2.21. The van der Waals surface area contributed by atoms with Crippen molar-refractivity contribution in [1.29, 1.82) is 0 Å². The van der Waals surface area contributed by atoms with Gasteiger partial charge >= 0.3 is 0 Å². The number of aromatic nitrogens is 3. The van der Waals surface area contributed by atoms with Crippen LogP contribution in [0.25, 0.3) is 11.0 Å². The first kappa shape index (κ1) is 15.2. The minimum absolute atomic E-state index is 0.161. The first-order valence-electron chi connectivity index (χ1n) is 6.78. The van der Waals surface area contributed by atoms with Gasteiger partial charge in [-0.3, -0.25) is 9.48 Å². The molecule has 0 aliphatic carbocycles. The Bertz CT molecular complexity index is 676. The molecule has 1 amide bonds. The second-order valence-corrected chi connectivity index (χ2v) is 5.07. The zero-order valence-corrected chi connectivity index (χ0v) is 12.6. The van der Waals surface area contributed by atoms with Gasteiger partial charge in [-0.1, -0.05) is 12.2 Å². The highest BCUT2D eigenvalue weighted by Gasteiger charge is 2.11. The van der Waals surface area contributed by atoms with Crippen LogP contribution in [-0.4, -0.2) is 40.4 Å². The topological polar surface area (TPSA) is 69.0 Å². The molecule has 0 fully saturated rings. The molecule has 112 valence electrons. The third-order valence-corrected chi connectivity index (χ3v) is 3.01. The number of amides is 1. The molecule has 0 atom stereocenters. The molecule has 0 saturated heterocycles. The van der Waals surface area contributed by atoms with Gasteiger partial charge in [0.1, 0.15) is 0 Å². The van der Waals surface area contributed by atoms with Gasteiger partial charge in [0.25, 0.3) is 5.91 Å². The van der Waals surface area contributed by atoms with Gasteiger partial charge in [0.15, 0.2) is 5.65 Å². The molecule has 6 nitrogen and oxygen atoms in total. The van der Waals surface area contributed by atoms with Crippen LogP contribution in [-0.2, 0) is 11.8 Å². The van der Waals surface area contributed by atoms with Gasteiger partial charge < -0.3 is 10.1 Å². The van der Waals surface area contributed by atoms with E-state index in [1.807, 2.05) is 27.0 Å². The van der Waals surface area contributed by atoms with Crippen molar-refractivity contribution in [2.75, 3.05) is 19.8 Å². The van der Waals surface area contributed by atoms with E-state index in [2.05, 4.69) is 22.0 Å². The molecule has 0 aliphatic rings. The standard InChI is InChI=1S/C15H20N4O2/c1-10(2)9-21-6-5-16-15(20)12-7-13-11(3)18-19(4)14(13)17-8-12/h7-8H,1,5-6,9H2,2-4H3,(H,16,20). The summed E-state index contributed by atoms with van der Waals surface area (Å²) in [5, 5.41) is 7.98. The van der Waals surface area contributed by atoms with Gasteiger partial charge in [-0.2, -0.15) is 5.10 Å². The molecule has 2 heterocycles. The smallest absolute Gasteiger partial charge is 0.252 e. The summed E-state index contributed by atoms with van der Waals surface area (Å²) >= 11 is 0. The Morgan fingerprint density at radius 3 is 3.00 bits per heavy atom. The molecule has 0 aromatic carbocycles. The van der Waals surface area contributed by atoms with E-state index in [4.69, 9.17) is 4.74 Å². The van der Waals surface area contributed by atoms with Crippen molar-refractivity contribution in [1.82, 2.24) is 20.1 Å². The Kier molecular flexibility index (Phi) is 4.70. The van der Waals surface area contributed by atoms with Crippen LogP contribution in [0.1, 0.15) is 23.0 Å². The van der Waals surface area contributed by atoms with Crippen LogP contribution in [0.5, 0.6) is 0 Å². The minimum Gasteiger partial charge on any atom is -0.375 e. The van der Waals surface area contributed by atoms with E-state index < -0.39 is 0 Å². The van der Waals surface area contributed by atoms with Crippen LogP contribution >= 0.6 is 0 Å². The number of hydrogen-bond acceptors (Lipinski definition) is 4. The van der Waals surface area contributed by atoms with Crippen LogP contribution in [0.3, 0.4) is 0 Å². The fourth-order valence-corrected chi connectivity index (χ4v) is 2.02. The highest BCUT2D eigenvalue weighted by Crippen LogP contribution is 2.16. The lowest BCUT2D eigenvalue weighted by atomic mass is 10.2. The maximum Gasteiger partial charge on any atom is 0.252 e. The van der Waals surface area contributed by atoms with Crippen molar-refractivity contribution in [3.63, 3.8) is 0 Å². The molecule has 0 aliphatic heterocycles. The normalized spacial score (nSPS) is 10.8. The number of fused-ring (bicyclic) bond motifs is 1. The van der Waals surface area contributed by atoms with Crippen molar-refractivity contribution in [2.24, 2.45) is 7.05 Å². The van der Waals surface area contributed by atoms with Crippen molar-refractivity contribution >= 4 is 16.9 Å². The lowest BCUT2D eigenvalue weighted by molar-refractivity contribution is 0.0926.